The van der Waals surface area contributed by atoms with Gasteiger partial charge in [-0.15, -0.1) is 0 Å². The molecule has 1 aliphatic heterocycles. The van der Waals surface area contributed by atoms with Crippen LogP contribution >= 0.6 is 0 Å². The van der Waals surface area contributed by atoms with E-state index in [0.717, 1.165) is 17.7 Å². The number of ether oxygens (including phenoxy) is 2. The predicted molar refractivity (Wildman–Crippen MR) is 122 cm³/mol. The lowest BCUT2D eigenvalue weighted by Gasteiger charge is -2.17. The molecule has 0 saturated carbocycles. The molecule has 0 spiro atoms. The second kappa shape index (κ2) is 11.3. The normalized spacial score (nSPS) is 15.5. The fourth-order valence-corrected chi connectivity index (χ4v) is 3.48. The van der Waals surface area contributed by atoms with Crippen molar-refractivity contribution in [1.29, 1.82) is 0 Å². The molecule has 2 aromatic rings. The third kappa shape index (κ3) is 6.31. The summed E-state index contributed by atoms with van der Waals surface area (Å²) >= 11 is 0. The first-order valence-corrected chi connectivity index (χ1v) is 10.6. The second-order valence-corrected chi connectivity index (χ2v) is 7.69. The molecule has 0 aliphatic carbocycles. The molecule has 1 heterocycles. The molecule has 1 saturated heterocycles. The zero-order chi connectivity index (χ0) is 22.9. The largest absolute Gasteiger partial charge is 0.484 e. The Bertz CT molecular complexity index is 945. The van der Waals surface area contributed by atoms with Gasteiger partial charge in [0, 0.05) is 44.6 Å². The number of nitrogens with one attached hydrogen (secondary N) is 2. The van der Waals surface area contributed by atoms with Gasteiger partial charge in [0.1, 0.15) is 5.75 Å². The van der Waals surface area contributed by atoms with Crippen LogP contribution in [0.25, 0.3) is 0 Å². The summed E-state index contributed by atoms with van der Waals surface area (Å²) in [6, 6.07) is 14.5. The minimum Gasteiger partial charge on any atom is -0.484 e. The van der Waals surface area contributed by atoms with Crippen molar-refractivity contribution in [3.05, 3.63) is 54.1 Å². The minimum atomic E-state index is -0.369. The number of amides is 3. The summed E-state index contributed by atoms with van der Waals surface area (Å²) in [7, 11) is 1.62. The van der Waals surface area contributed by atoms with Crippen molar-refractivity contribution < 1.29 is 23.9 Å². The van der Waals surface area contributed by atoms with Crippen LogP contribution in [0, 0.1) is 12.8 Å². The summed E-state index contributed by atoms with van der Waals surface area (Å²) in [6.07, 6.45) is 0.921. The molecule has 3 rings (SSSR count). The van der Waals surface area contributed by atoms with E-state index >= 15 is 0 Å². The minimum absolute atomic E-state index is 0.0895. The molecule has 2 N–H and O–H groups in total. The number of nitrogens with zero attached hydrogens (tertiary/aromatic N) is 1. The molecular formula is C24H29N3O5. The van der Waals surface area contributed by atoms with Crippen LogP contribution < -0.4 is 20.3 Å². The average Bonchev–Trinajstić information content (AvgIpc) is 3.19. The summed E-state index contributed by atoms with van der Waals surface area (Å²) in [5.41, 5.74) is 2.42. The van der Waals surface area contributed by atoms with E-state index in [-0.39, 0.29) is 36.7 Å². The number of benzene rings is 2. The van der Waals surface area contributed by atoms with Crippen LogP contribution in [-0.4, -0.2) is 51.1 Å². The third-order valence-electron chi connectivity index (χ3n) is 5.26. The Morgan fingerprint density at radius 3 is 2.59 bits per heavy atom. The molecule has 8 nitrogen and oxygen atoms in total. The predicted octanol–water partition coefficient (Wildman–Crippen LogP) is 2.52. The summed E-state index contributed by atoms with van der Waals surface area (Å²) in [4.78, 5) is 38.4. The van der Waals surface area contributed by atoms with Crippen molar-refractivity contribution in [3.63, 3.8) is 0 Å². The van der Waals surface area contributed by atoms with Gasteiger partial charge in [0.2, 0.25) is 11.8 Å². The lowest BCUT2D eigenvalue weighted by atomic mass is 10.1. The fraction of sp³-hybridized carbons (Fsp3) is 0.375. The molecular weight excluding hydrogens is 410 g/mol. The molecule has 170 valence electrons. The first-order valence-electron chi connectivity index (χ1n) is 10.6. The average molecular weight is 440 g/mol. The maximum atomic E-state index is 12.4. The Morgan fingerprint density at radius 1 is 1.12 bits per heavy atom. The number of carbonyl (C=O) groups excluding carboxylic acids is 3. The maximum absolute atomic E-state index is 12.4. The van der Waals surface area contributed by atoms with Gasteiger partial charge in [-0.25, -0.2) is 0 Å². The van der Waals surface area contributed by atoms with Crippen LogP contribution in [0.1, 0.15) is 18.4 Å². The Kier molecular flexibility index (Phi) is 8.21. The molecule has 1 aliphatic rings. The van der Waals surface area contributed by atoms with E-state index in [1.807, 2.05) is 31.2 Å². The molecule has 8 heteroatoms. The molecule has 3 amide bonds. The maximum Gasteiger partial charge on any atom is 0.262 e. The van der Waals surface area contributed by atoms with Crippen LogP contribution in [0.3, 0.4) is 0 Å². The van der Waals surface area contributed by atoms with Crippen molar-refractivity contribution in [2.45, 2.75) is 19.8 Å². The molecule has 0 bridgehead atoms. The topological polar surface area (TPSA) is 97.0 Å². The lowest BCUT2D eigenvalue weighted by molar-refractivity contribution is -0.126. The van der Waals surface area contributed by atoms with Gasteiger partial charge >= 0.3 is 0 Å². The Labute approximate surface area is 187 Å². The first-order chi connectivity index (χ1) is 15.5. The van der Waals surface area contributed by atoms with Crippen LogP contribution in [0.5, 0.6) is 5.75 Å². The Morgan fingerprint density at radius 2 is 1.88 bits per heavy atom. The third-order valence-corrected chi connectivity index (χ3v) is 5.26. The van der Waals surface area contributed by atoms with Crippen LogP contribution in [0.4, 0.5) is 11.4 Å². The first kappa shape index (κ1) is 23.3. The highest BCUT2D eigenvalue weighted by molar-refractivity contribution is 6.00. The van der Waals surface area contributed by atoms with Crippen molar-refractivity contribution in [3.8, 4) is 5.75 Å². The highest BCUT2D eigenvalue weighted by Crippen LogP contribution is 2.27. The van der Waals surface area contributed by atoms with E-state index in [1.165, 1.54) is 0 Å². The van der Waals surface area contributed by atoms with Crippen molar-refractivity contribution in [2.75, 3.05) is 43.6 Å². The highest BCUT2D eigenvalue weighted by atomic mass is 16.5. The number of para-hydroxylation sites is 1. The fourth-order valence-electron chi connectivity index (χ4n) is 3.48. The summed E-state index contributed by atoms with van der Waals surface area (Å²) in [5.74, 6) is -0.304. The van der Waals surface area contributed by atoms with E-state index < -0.39 is 0 Å². The quantitative estimate of drug-likeness (QED) is 0.555. The van der Waals surface area contributed by atoms with Gasteiger partial charge in [0.05, 0.1) is 5.92 Å². The smallest absolute Gasteiger partial charge is 0.262 e. The lowest BCUT2D eigenvalue weighted by Crippen LogP contribution is -2.33. The SMILES string of the molecule is COCCCNC(=O)[C@@H]1CC(=O)N(c2ccc(OCC(=O)Nc3ccccc3C)cc2)C1. The molecule has 1 atom stereocenters. The Hall–Kier alpha value is -3.39. The van der Waals surface area contributed by atoms with Crippen molar-refractivity contribution in [1.82, 2.24) is 5.32 Å². The standard InChI is InChI=1S/C24H29N3O5/c1-17-6-3-4-7-21(17)26-22(28)16-32-20-10-8-19(9-11-20)27-15-18(14-23(27)29)24(30)25-12-5-13-31-2/h3-4,6-11,18H,5,12-16H2,1-2H3,(H,25,30)(H,26,28)/t18-/m1/s1. The summed E-state index contributed by atoms with van der Waals surface area (Å²) in [5, 5.41) is 5.67. The summed E-state index contributed by atoms with van der Waals surface area (Å²) < 4.78 is 10.5. The number of hydrogen-bond donors (Lipinski definition) is 2. The second-order valence-electron chi connectivity index (χ2n) is 7.69. The van der Waals surface area contributed by atoms with Crippen LogP contribution in [0.15, 0.2) is 48.5 Å². The van der Waals surface area contributed by atoms with E-state index in [1.54, 1.807) is 36.3 Å². The van der Waals surface area contributed by atoms with Gasteiger partial charge < -0.3 is 25.0 Å². The zero-order valence-electron chi connectivity index (χ0n) is 18.4. The highest BCUT2D eigenvalue weighted by Gasteiger charge is 2.34. The van der Waals surface area contributed by atoms with Crippen LogP contribution in [0.2, 0.25) is 0 Å². The number of rotatable bonds is 10. The van der Waals surface area contributed by atoms with Gasteiger partial charge in [-0.3, -0.25) is 14.4 Å². The van der Waals surface area contributed by atoms with Gasteiger partial charge in [0.15, 0.2) is 6.61 Å². The van der Waals surface area contributed by atoms with E-state index in [2.05, 4.69) is 10.6 Å². The van der Waals surface area contributed by atoms with Crippen LogP contribution in [-0.2, 0) is 19.1 Å². The van der Waals surface area contributed by atoms with Gasteiger partial charge in [-0.1, -0.05) is 18.2 Å². The molecule has 32 heavy (non-hydrogen) atoms. The van der Waals surface area contributed by atoms with E-state index in [0.29, 0.717) is 31.1 Å². The zero-order valence-corrected chi connectivity index (χ0v) is 18.4. The molecule has 2 aromatic carbocycles. The van der Waals surface area contributed by atoms with E-state index in [4.69, 9.17) is 9.47 Å². The molecule has 0 radical (unpaired) electrons. The number of carbonyl (C=O) groups is 3. The molecule has 1 fully saturated rings. The monoisotopic (exact) mass is 439 g/mol. The number of hydrogen-bond acceptors (Lipinski definition) is 5. The van der Waals surface area contributed by atoms with Gasteiger partial charge in [-0.05, 0) is 49.2 Å². The van der Waals surface area contributed by atoms with Gasteiger partial charge in [-0.2, -0.15) is 0 Å². The number of anilines is 2. The number of methoxy groups -OCH3 is 1. The van der Waals surface area contributed by atoms with Crippen molar-refractivity contribution >= 4 is 29.1 Å². The van der Waals surface area contributed by atoms with E-state index in [9.17, 15) is 14.4 Å². The molecule has 0 aromatic heterocycles. The van der Waals surface area contributed by atoms with Crippen molar-refractivity contribution in [2.24, 2.45) is 5.92 Å². The Balaban J connectivity index is 1.48. The number of aryl methyl sites for hydroxylation is 1. The van der Waals surface area contributed by atoms with Gasteiger partial charge in [0.25, 0.3) is 5.91 Å². The molecule has 0 unspecified atom stereocenters. The summed E-state index contributed by atoms with van der Waals surface area (Å²) in [6.45, 7) is 3.25.